The van der Waals surface area contributed by atoms with Crippen molar-refractivity contribution in [2.24, 2.45) is 0 Å². The van der Waals surface area contributed by atoms with Crippen molar-refractivity contribution in [3.8, 4) is 0 Å². The van der Waals surface area contributed by atoms with Gasteiger partial charge in [0.15, 0.2) is 0 Å². The maximum Gasteiger partial charge on any atom is -1.00 e. The predicted molar refractivity (Wildman–Crippen MR) is 29.9 cm³/mol. The largest absolute Gasteiger partial charge is 1.00 e. The number of benzene rings is 1. The van der Waals surface area contributed by atoms with Crippen LogP contribution < -0.4 is 17.0 Å². The smallest absolute Gasteiger partial charge is 1.00 e. The molecule has 14 heavy (non-hydrogen) atoms. The Morgan fingerprint density at radius 2 is 1.00 bits per heavy atom. The van der Waals surface area contributed by atoms with Gasteiger partial charge in [-0.3, -0.25) is 0 Å². The number of rotatable bonds is 1. The van der Waals surface area contributed by atoms with Gasteiger partial charge < -0.3 is 17.0 Å². The first-order valence-electron chi connectivity index (χ1n) is 3.30. The second-order valence-corrected chi connectivity index (χ2v) is 3.35. The van der Waals surface area contributed by atoms with Crippen LogP contribution in [-0.4, -0.2) is 0 Å². The van der Waals surface area contributed by atoms with Gasteiger partial charge in [-0.05, 0) is 0 Å². The van der Waals surface area contributed by atoms with Crippen molar-refractivity contribution < 1.29 is 57.2 Å². The summed E-state index contributed by atoms with van der Waals surface area (Å²) in [6.45, 7) is 0. The van der Waals surface area contributed by atoms with Gasteiger partial charge in [-0.1, -0.05) is 0 Å². The van der Waals surface area contributed by atoms with Gasteiger partial charge in [-0.2, -0.15) is 0 Å². The maximum absolute atomic E-state index is 12.7. The van der Waals surface area contributed by atoms with E-state index in [4.69, 9.17) is 0 Å². The van der Waals surface area contributed by atoms with Crippen LogP contribution in [0.1, 0.15) is 5.56 Å². The standard InChI is InChI=1S/C7H2F5.BrH.Zn/c1-2-3(8)5(10)7(12)6(11)4(2)9;;/h1H2;1H;/q;;+1/p-1. The van der Waals surface area contributed by atoms with E-state index in [-0.39, 0.29) is 22.0 Å². The van der Waals surface area contributed by atoms with Gasteiger partial charge in [0.1, 0.15) is 0 Å². The summed E-state index contributed by atoms with van der Waals surface area (Å²) in [7, 11) is 0. The summed E-state index contributed by atoms with van der Waals surface area (Å²) < 4.78 is 62.7. The predicted octanol–water partition coefficient (Wildman–Crippen LogP) is -0.567. The Bertz CT molecular complexity index is 325. The Morgan fingerprint density at radius 1 is 0.714 bits per heavy atom. The van der Waals surface area contributed by atoms with E-state index in [0.29, 0.717) is 18.3 Å². The molecule has 0 saturated carbocycles. The quantitative estimate of drug-likeness (QED) is 0.281. The maximum atomic E-state index is 12.7. The minimum Gasteiger partial charge on any atom is -1.00 e. The van der Waals surface area contributed by atoms with Gasteiger partial charge in [0, 0.05) is 0 Å². The van der Waals surface area contributed by atoms with Crippen molar-refractivity contribution in [2.45, 2.75) is 5.02 Å². The third-order valence-corrected chi connectivity index (χ3v) is 2.60. The molecule has 0 aliphatic carbocycles. The monoisotopic (exact) mass is 324 g/mol. The Hall–Kier alpha value is -0.0266. The fourth-order valence-electron chi connectivity index (χ4n) is 0.870. The average Bonchev–Trinajstić information content (AvgIpc) is 2.13. The Balaban J connectivity index is 0.00000169. The first-order chi connectivity index (χ1) is 6.00. The van der Waals surface area contributed by atoms with Gasteiger partial charge in [-0.15, -0.1) is 0 Å². The van der Waals surface area contributed by atoms with Crippen LogP contribution >= 0.6 is 0 Å². The molecule has 0 aromatic heterocycles. The van der Waals surface area contributed by atoms with E-state index in [9.17, 15) is 22.0 Å². The molecule has 1 rings (SSSR count). The molecular weight excluding hydrogens is 324 g/mol. The summed E-state index contributed by atoms with van der Waals surface area (Å²) in [4.78, 5) is 0. The molecule has 7 heteroatoms. The summed E-state index contributed by atoms with van der Waals surface area (Å²) in [5, 5.41) is -0.119. The minimum absolute atomic E-state index is 0. The molecule has 0 amide bonds. The van der Waals surface area contributed by atoms with Crippen LogP contribution in [0.15, 0.2) is 0 Å². The van der Waals surface area contributed by atoms with Crippen LogP contribution in [0.2, 0.25) is 0 Å². The van der Waals surface area contributed by atoms with E-state index in [1.165, 1.54) is 0 Å². The second-order valence-electron chi connectivity index (χ2n) is 2.30. The molecule has 0 nitrogen and oxygen atoms in total. The molecule has 0 aliphatic rings. The Morgan fingerprint density at radius 3 is 1.29 bits per heavy atom. The van der Waals surface area contributed by atoms with Crippen molar-refractivity contribution in [3.63, 3.8) is 0 Å². The molecule has 0 fully saturated rings. The van der Waals surface area contributed by atoms with E-state index >= 15 is 0 Å². The third kappa shape index (κ3) is 2.14. The molecule has 0 heterocycles. The van der Waals surface area contributed by atoms with Crippen molar-refractivity contribution in [1.82, 2.24) is 0 Å². The van der Waals surface area contributed by atoms with Crippen LogP contribution in [0.4, 0.5) is 22.0 Å². The minimum atomic E-state index is -2.10. The number of hydrogen-bond acceptors (Lipinski definition) is 0. The van der Waals surface area contributed by atoms with Crippen LogP contribution in [0.25, 0.3) is 0 Å². The summed E-state index contributed by atoms with van der Waals surface area (Å²) >= 11 is 0.429. The topological polar surface area (TPSA) is 0 Å². The van der Waals surface area contributed by atoms with E-state index < -0.39 is 34.6 Å². The molecule has 74 valence electrons. The molecule has 0 N–H and O–H groups in total. The van der Waals surface area contributed by atoms with E-state index in [1.54, 1.807) is 0 Å². The summed E-state index contributed by atoms with van der Waals surface area (Å²) in [6.07, 6.45) is 0. The molecular formula is C7H2BrF5Zn. The number of hydrogen-bond donors (Lipinski definition) is 0. The third-order valence-electron chi connectivity index (χ3n) is 1.55. The Labute approximate surface area is 96.9 Å². The second kappa shape index (κ2) is 5.17. The van der Waals surface area contributed by atoms with Gasteiger partial charge in [0.25, 0.3) is 0 Å². The molecule has 0 spiro atoms. The van der Waals surface area contributed by atoms with Crippen molar-refractivity contribution in [3.05, 3.63) is 34.6 Å². The first kappa shape index (κ1) is 14.0. The average molecular weight is 326 g/mol. The fraction of sp³-hybridized carbons (Fsp3) is 0.143. The van der Waals surface area contributed by atoms with Crippen molar-refractivity contribution in [2.75, 3.05) is 0 Å². The van der Waals surface area contributed by atoms with Gasteiger partial charge in [-0.25, -0.2) is 0 Å². The zero-order valence-corrected chi connectivity index (χ0v) is 11.2. The van der Waals surface area contributed by atoms with Crippen LogP contribution in [0.3, 0.4) is 0 Å². The van der Waals surface area contributed by atoms with E-state index in [2.05, 4.69) is 0 Å². The van der Waals surface area contributed by atoms with E-state index in [1.807, 2.05) is 0 Å². The van der Waals surface area contributed by atoms with Gasteiger partial charge in [0.05, 0.1) is 0 Å². The fourth-order valence-corrected chi connectivity index (χ4v) is 1.79. The van der Waals surface area contributed by atoms with Crippen molar-refractivity contribution in [1.29, 1.82) is 0 Å². The zero-order chi connectivity index (χ0) is 10.2. The molecule has 0 bridgehead atoms. The number of halogens is 6. The molecule has 0 aliphatic heterocycles. The molecule has 0 radical (unpaired) electrons. The zero-order valence-electron chi connectivity index (χ0n) is 6.68. The van der Waals surface area contributed by atoms with Gasteiger partial charge >= 0.3 is 79.9 Å². The van der Waals surface area contributed by atoms with E-state index in [0.717, 1.165) is 0 Å². The summed E-state index contributed by atoms with van der Waals surface area (Å²) in [6, 6.07) is 0. The summed E-state index contributed by atoms with van der Waals surface area (Å²) in [5.74, 6) is -9.29. The summed E-state index contributed by atoms with van der Waals surface area (Å²) in [5.41, 5.74) is -0.726. The molecule has 0 unspecified atom stereocenters. The molecule has 1 aromatic carbocycles. The van der Waals surface area contributed by atoms with Crippen LogP contribution in [-0.2, 0) is 23.3 Å². The van der Waals surface area contributed by atoms with Crippen LogP contribution in [0.5, 0.6) is 0 Å². The van der Waals surface area contributed by atoms with Gasteiger partial charge in [0.2, 0.25) is 0 Å². The molecule has 0 saturated heterocycles. The molecule has 0 atom stereocenters. The first-order valence-corrected chi connectivity index (χ1v) is 5.40. The van der Waals surface area contributed by atoms with Crippen LogP contribution in [0, 0.1) is 29.1 Å². The Kier molecular flexibility index (Phi) is 5.16. The SMILES string of the molecule is Fc1c(F)c(F)c([CH2][Zn+])c(F)c1F.[Br-]. The van der Waals surface area contributed by atoms with Crippen molar-refractivity contribution >= 4 is 0 Å². The normalized spacial score (nSPS) is 9.93. The molecule has 1 aromatic rings.